The van der Waals surface area contributed by atoms with Crippen LogP contribution in [0.1, 0.15) is 54.4 Å². The van der Waals surface area contributed by atoms with Crippen molar-refractivity contribution in [3.05, 3.63) is 0 Å². The number of rotatable bonds is 4. The average Bonchev–Trinajstić information content (AvgIpc) is 2.23. The SMILES string of the molecule is CC1CC(NCC(C)(C)NC(=O)OC(C)(C)C)CCO1. The van der Waals surface area contributed by atoms with E-state index in [1.54, 1.807) is 0 Å². The molecule has 5 heteroatoms. The molecule has 0 radical (unpaired) electrons. The van der Waals surface area contributed by atoms with Crippen LogP contribution in [0.5, 0.6) is 0 Å². The Morgan fingerprint density at radius 2 is 1.95 bits per heavy atom. The standard InChI is InChI=1S/C15H30N2O3/c1-11-9-12(7-8-19-11)16-10-15(5,6)17-13(18)20-14(2,3)4/h11-12,16H,7-10H2,1-6H3,(H,17,18). The largest absolute Gasteiger partial charge is 0.444 e. The maximum atomic E-state index is 11.8. The second-order valence-electron chi connectivity index (χ2n) is 7.29. The van der Waals surface area contributed by atoms with E-state index in [0.717, 1.165) is 19.4 Å². The van der Waals surface area contributed by atoms with Gasteiger partial charge < -0.3 is 20.1 Å². The fourth-order valence-electron chi connectivity index (χ4n) is 2.21. The first-order valence-electron chi connectivity index (χ1n) is 7.43. The van der Waals surface area contributed by atoms with Gasteiger partial charge in [0, 0.05) is 19.2 Å². The van der Waals surface area contributed by atoms with E-state index in [4.69, 9.17) is 9.47 Å². The van der Waals surface area contributed by atoms with Gasteiger partial charge >= 0.3 is 6.09 Å². The van der Waals surface area contributed by atoms with Gasteiger partial charge in [-0.1, -0.05) is 0 Å². The van der Waals surface area contributed by atoms with Gasteiger partial charge in [-0.3, -0.25) is 0 Å². The van der Waals surface area contributed by atoms with Gasteiger partial charge in [0.2, 0.25) is 0 Å². The number of carbonyl (C=O) groups excluding carboxylic acids is 1. The van der Waals surface area contributed by atoms with Crippen molar-refractivity contribution in [1.29, 1.82) is 0 Å². The molecule has 1 fully saturated rings. The van der Waals surface area contributed by atoms with Gasteiger partial charge in [0.25, 0.3) is 0 Å². The van der Waals surface area contributed by atoms with E-state index in [0.29, 0.717) is 18.7 Å². The predicted octanol–water partition coefficient (Wildman–Crippen LogP) is 2.45. The van der Waals surface area contributed by atoms with Crippen LogP contribution < -0.4 is 10.6 Å². The fraction of sp³-hybridized carbons (Fsp3) is 0.933. The van der Waals surface area contributed by atoms with E-state index in [1.165, 1.54) is 0 Å². The summed E-state index contributed by atoms with van der Waals surface area (Å²) < 4.78 is 10.8. The highest BCUT2D eigenvalue weighted by Gasteiger charge is 2.26. The molecular weight excluding hydrogens is 256 g/mol. The third kappa shape index (κ3) is 7.10. The number of ether oxygens (including phenoxy) is 2. The lowest BCUT2D eigenvalue weighted by atomic mass is 10.0. The Balaban J connectivity index is 2.35. The highest BCUT2D eigenvalue weighted by atomic mass is 16.6. The van der Waals surface area contributed by atoms with Crippen LogP contribution in [0.25, 0.3) is 0 Å². The molecule has 1 saturated heterocycles. The van der Waals surface area contributed by atoms with Crippen LogP contribution in [0.2, 0.25) is 0 Å². The maximum Gasteiger partial charge on any atom is 0.408 e. The molecule has 2 atom stereocenters. The van der Waals surface area contributed by atoms with Crippen LogP contribution in [-0.4, -0.2) is 42.5 Å². The number of hydrogen-bond donors (Lipinski definition) is 2. The summed E-state index contributed by atoms with van der Waals surface area (Å²) >= 11 is 0. The van der Waals surface area contributed by atoms with Gasteiger partial charge in [0.05, 0.1) is 11.6 Å². The Morgan fingerprint density at radius 1 is 1.30 bits per heavy atom. The summed E-state index contributed by atoms with van der Waals surface area (Å²) in [6, 6.07) is 0.457. The molecule has 0 aromatic rings. The Labute approximate surface area is 122 Å². The van der Waals surface area contributed by atoms with Gasteiger partial charge in [-0.15, -0.1) is 0 Å². The number of hydrogen-bond acceptors (Lipinski definition) is 4. The van der Waals surface area contributed by atoms with Crippen LogP contribution in [0, 0.1) is 0 Å². The molecule has 1 amide bonds. The summed E-state index contributed by atoms with van der Waals surface area (Å²) in [5.74, 6) is 0. The van der Waals surface area contributed by atoms with E-state index in [2.05, 4.69) is 17.6 Å². The summed E-state index contributed by atoms with van der Waals surface area (Å²) in [5.41, 5.74) is -0.812. The first-order chi connectivity index (χ1) is 9.07. The lowest BCUT2D eigenvalue weighted by Gasteiger charge is -2.33. The van der Waals surface area contributed by atoms with E-state index in [1.807, 2.05) is 34.6 Å². The van der Waals surface area contributed by atoms with Crippen LogP contribution in [-0.2, 0) is 9.47 Å². The van der Waals surface area contributed by atoms with Crippen LogP contribution in [0.15, 0.2) is 0 Å². The quantitative estimate of drug-likeness (QED) is 0.833. The van der Waals surface area contributed by atoms with Crippen molar-refractivity contribution in [2.24, 2.45) is 0 Å². The molecule has 0 bridgehead atoms. The Morgan fingerprint density at radius 3 is 2.50 bits per heavy atom. The number of alkyl carbamates (subject to hydrolysis) is 1. The van der Waals surface area contributed by atoms with Gasteiger partial charge in [-0.25, -0.2) is 4.79 Å². The van der Waals surface area contributed by atoms with E-state index in [-0.39, 0.29) is 11.6 Å². The zero-order chi connectivity index (χ0) is 15.4. The van der Waals surface area contributed by atoms with Crippen LogP contribution >= 0.6 is 0 Å². The molecule has 1 rings (SSSR count). The summed E-state index contributed by atoms with van der Waals surface area (Å²) in [5, 5.41) is 6.42. The summed E-state index contributed by atoms with van der Waals surface area (Å²) in [6.07, 6.45) is 1.97. The highest BCUT2D eigenvalue weighted by Crippen LogP contribution is 2.14. The molecule has 1 aliphatic heterocycles. The monoisotopic (exact) mass is 286 g/mol. The topological polar surface area (TPSA) is 59.6 Å². The molecule has 1 aliphatic rings. The summed E-state index contributed by atoms with van der Waals surface area (Å²) in [6.45, 7) is 13.2. The zero-order valence-corrected chi connectivity index (χ0v) is 13.7. The Kier molecular flexibility index (Phi) is 5.83. The molecule has 0 saturated carbocycles. The molecule has 2 N–H and O–H groups in total. The van der Waals surface area contributed by atoms with E-state index >= 15 is 0 Å². The Hall–Kier alpha value is -0.810. The molecule has 1 heterocycles. The molecule has 20 heavy (non-hydrogen) atoms. The van der Waals surface area contributed by atoms with Crippen LogP contribution in [0.3, 0.4) is 0 Å². The highest BCUT2D eigenvalue weighted by molar-refractivity contribution is 5.68. The number of amides is 1. The number of carbonyl (C=O) groups is 1. The lowest BCUT2D eigenvalue weighted by Crippen LogP contribution is -2.54. The fourth-order valence-corrected chi connectivity index (χ4v) is 2.21. The molecule has 0 aromatic heterocycles. The summed E-state index contributed by atoms with van der Waals surface area (Å²) in [7, 11) is 0. The Bertz CT molecular complexity index is 324. The van der Waals surface area contributed by atoms with Crippen molar-refractivity contribution >= 4 is 6.09 Å². The molecular formula is C15H30N2O3. The normalized spacial score (nSPS) is 24.3. The van der Waals surface area contributed by atoms with Crippen molar-refractivity contribution in [1.82, 2.24) is 10.6 Å². The molecule has 118 valence electrons. The molecule has 0 spiro atoms. The molecule has 0 aliphatic carbocycles. The first-order valence-corrected chi connectivity index (χ1v) is 7.43. The maximum absolute atomic E-state index is 11.8. The van der Waals surface area contributed by atoms with Crippen molar-refractivity contribution < 1.29 is 14.3 Å². The minimum absolute atomic E-state index is 0.308. The lowest BCUT2D eigenvalue weighted by molar-refractivity contribution is 0.0117. The van der Waals surface area contributed by atoms with Crippen molar-refractivity contribution in [2.75, 3.05) is 13.2 Å². The van der Waals surface area contributed by atoms with Crippen LogP contribution in [0.4, 0.5) is 4.79 Å². The predicted molar refractivity (Wildman–Crippen MR) is 79.9 cm³/mol. The second-order valence-corrected chi connectivity index (χ2v) is 7.29. The van der Waals surface area contributed by atoms with E-state index in [9.17, 15) is 4.79 Å². The minimum Gasteiger partial charge on any atom is -0.444 e. The molecule has 5 nitrogen and oxygen atoms in total. The van der Waals surface area contributed by atoms with Crippen molar-refractivity contribution in [3.63, 3.8) is 0 Å². The van der Waals surface area contributed by atoms with Gasteiger partial charge in [0.1, 0.15) is 5.60 Å². The van der Waals surface area contributed by atoms with Crippen molar-refractivity contribution in [2.45, 2.75) is 77.7 Å². The molecule has 0 aromatic carbocycles. The van der Waals surface area contributed by atoms with Gasteiger partial charge in [-0.05, 0) is 54.4 Å². The van der Waals surface area contributed by atoms with Crippen molar-refractivity contribution in [3.8, 4) is 0 Å². The van der Waals surface area contributed by atoms with Gasteiger partial charge in [0.15, 0.2) is 0 Å². The summed E-state index contributed by atoms with van der Waals surface area (Å²) in [4.78, 5) is 11.8. The average molecular weight is 286 g/mol. The first kappa shape index (κ1) is 17.2. The number of nitrogens with one attached hydrogen (secondary N) is 2. The molecule has 2 unspecified atom stereocenters. The third-order valence-electron chi connectivity index (χ3n) is 3.16. The van der Waals surface area contributed by atoms with Gasteiger partial charge in [-0.2, -0.15) is 0 Å². The second kappa shape index (κ2) is 6.76. The third-order valence-corrected chi connectivity index (χ3v) is 3.16. The zero-order valence-electron chi connectivity index (χ0n) is 13.7. The smallest absolute Gasteiger partial charge is 0.408 e. The minimum atomic E-state index is -0.469. The van der Waals surface area contributed by atoms with E-state index < -0.39 is 5.60 Å².